The summed E-state index contributed by atoms with van der Waals surface area (Å²) >= 11 is 0. The number of aliphatic hydroxyl groups is 1. The molecule has 0 saturated heterocycles. The number of hydrogen-bond donors (Lipinski definition) is 3. The van der Waals surface area contributed by atoms with Crippen molar-refractivity contribution in [2.75, 3.05) is 13.6 Å². The molecule has 1 unspecified atom stereocenters. The second-order valence-corrected chi connectivity index (χ2v) is 11.6. The number of nitrogens with two attached hydrogens (primary N) is 1. The second-order valence-electron chi connectivity index (χ2n) is 9.69. The quantitative estimate of drug-likeness (QED) is 0.158. The number of hydrogen-bond acceptors (Lipinski definition) is 11. The minimum Gasteiger partial charge on any atom is -0.508 e. The van der Waals surface area contributed by atoms with Gasteiger partial charge in [-0.05, 0) is 54.5 Å². The Labute approximate surface area is 205 Å². The van der Waals surface area contributed by atoms with E-state index in [0.717, 1.165) is 11.9 Å². The average Bonchev–Trinajstić information content (AvgIpc) is 3.08. The Morgan fingerprint density at radius 3 is 2.00 bits per heavy atom. The second kappa shape index (κ2) is 12.2. The zero-order valence-corrected chi connectivity index (χ0v) is 22.0. The van der Waals surface area contributed by atoms with Crippen LogP contribution in [-0.2, 0) is 42.2 Å². The van der Waals surface area contributed by atoms with Gasteiger partial charge in [0.05, 0.1) is 17.3 Å². The molecule has 0 aromatic carbocycles. The summed E-state index contributed by atoms with van der Waals surface area (Å²) in [4.78, 5) is 35.0. The molecule has 1 aliphatic heterocycles. The van der Waals surface area contributed by atoms with Crippen molar-refractivity contribution >= 4 is 25.4 Å². The van der Waals surface area contributed by atoms with Crippen molar-refractivity contribution in [2.24, 2.45) is 16.6 Å². The Kier molecular flexibility index (Phi) is 10.6. The molecule has 0 radical (unpaired) electrons. The summed E-state index contributed by atoms with van der Waals surface area (Å²) in [6, 6.07) is 0. The SMILES string of the molecule is C/C(=C/NC1CC(O)=C(/C=C/P(=O)(OCOC(=O)C(C)(C)C)OCOC(=O)C(C)(C)C)O1)C(N)=O. The standard InChI is InChI=1S/C22H35N2O10P/c1-14(18(23)26)11-24-17-10-15(25)16(34-17)8-9-35(29,32-12-30-19(27)21(2,3)4)33-13-31-20(28)22(5,6)7/h8-9,11,17,24-25H,10,12-13H2,1-7H3,(H2,23,26)/b9-8+,14-11-. The van der Waals surface area contributed by atoms with Crippen LogP contribution in [0.2, 0.25) is 0 Å². The van der Waals surface area contributed by atoms with Crippen LogP contribution in [0.15, 0.2) is 35.2 Å². The molecule has 1 atom stereocenters. The molecule has 0 bridgehead atoms. The van der Waals surface area contributed by atoms with Crippen molar-refractivity contribution in [3.05, 3.63) is 35.2 Å². The smallest absolute Gasteiger partial charge is 0.360 e. The van der Waals surface area contributed by atoms with E-state index in [4.69, 9.17) is 29.0 Å². The summed E-state index contributed by atoms with van der Waals surface area (Å²) in [5.41, 5.74) is 3.77. The third-order valence-electron chi connectivity index (χ3n) is 4.29. The first kappa shape index (κ1) is 30.2. The molecule has 0 aliphatic carbocycles. The Bertz CT molecular complexity index is 905. The Morgan fingerprint density at radius 1 is 1.09 bits per heavy atom. The molecule has 198 valence electrons. The van der Waals surface area contributed by atoms with Gasteiger partial charge in [0.25, 0.3) is 0 Å². The number of carbonyl (C=O) groups excluding carboxylic acids is 3. The summed E-state index contributed by atoms with van der Waals surface area (Å²) in [5, 5.41) is 12.9. The van der Waals surface area contributed by atoms with Gasteiger partial charge in [0.1, 0.15) is 5.76 Å². The van der Waals surface area contributed by atoms with Gasteiger partial charge >= 0.3 is 19.5 Å². The van der Waals surface area contributed by atoms with E-state index in [1.54, 1.807) is 41.5 Å². The van der Waals surface area contributed by atoms with Gasteiger partial charge in [0.2, 0.25) is 19.5 Å². The third kappa shape index (κ3) is 10.5. The minimum atomic E-state index is -4.13. The minimum absolute atomic E-state index is 0.0423. The lowest BCUT2D eigenvalue weighted by molar-refractivity contribution is -0.161. The van der Waals surface area contributed by atoms with Crippen molar-refractivity contribution in [1.29, 1.82) is 0 Å². The molecule has 0 aromatic heterocycles. The highest BCUT2D eigenvalue weighted by atomic mass is 31.2. The Hall–Kier alpha value is -2.82. The fraction of sp³-hybridized carbons (Fsp3) is 0.591. The van der Waals surface area contributed by atoms with Gasteiger partial charge in [-0.15, -0.1) is 0 Å². The monoisotopic (exact) mass is 518 g/mol. The fourth-order valence-electron chi connectivity index (χ4n) is 2.08. The van der Waals surface area contributed by atoms with E-state index in [9.17, 15) is 24.1 Å². The maximum atomic E-state index is 13.2. The lowest BCUT2D eigenvalue weighted by atomic mass is 9.98. The van der Waals surface area contributed by atoms with E-state index in [-0.39, 0.29) is 23.5 Å². The van der Waals surface area contributed by atoms with Crippen molar-refractivity contribution in [1.82, 2.24) is 5.32 Å². The van der Waals surface area contributed by atoms with Gasteiger partial charge < -0.3 is 30.4 Å². The predicted molar refractivity (Wildman–Crippen MR) is 125 cm³/mol. The van der Waals surface area contributed by atoms with Crippen LogP contribution in [0.3, 0.4) is 0 Å². The van der Waals surface area contributed by atoms with Gasteiger partial charge in [-0.25, -0.2) is 0 Å². The maximum absolute atomic E-state index is 13.2. The van der Waals surface area contributed by atoms with E-state index < -0.39 is 56.1 Å². The number of allylic oxidation sites excluding steroid dienone is 1. The molecular formula is C22H35N2O10P. The van der Waals surface area contributed by atoms with E-state index in [1.165, 1.54) is 13.1 Å². The van der Waals surface area contributed by atoms with Crippen LogP contribution in [-0.4, -0.2) is 42.8 Å². The topological polar surface area (TPSA) is 173 Å². The molecule has 1 amide bonds. The molecule has 12 nitrogen and oxygen atoms in total. The summed E-state index contributed by atoms with van der Waals surface area (Å²) in [5.74, 6) is -1.06. The van der Waals surface area contributed by atoms with Crippen LogP contribution in [0.25, 0.3) is 0 Å². The summed E-state index contributed by atoms with van der Waals surface area (Å²) < 4.78 is 38.9. The number of esters is 2. The first-order valence-electron chi connectivity index (χ1n) is 10.7. The highest BCUT2D eigenvalue weighted by Crippen LogP contribution is 2.50. The predicted octanol–water partition coefficient (Wildman–Crippen LogP) is 3.31. The van der Waals surface area contributed by atoms with Gasteiger partial charge in [-0.1, -0.05) is 0 Å². The molecule has 1 heterocycles. The fourth-order valence-corrected chi connectivity index (χ4v) is 3.04. The number of amides is 1. The van der Waals surface area contributed by atoms with Gasteiger partial charge in [0.15, 0.2) is 12.0 Å². The molecule has 0 saturated carbocycles. The van der Waals surface area contributed by atoms with Crippen molar-refractivity contribution in [2.45, 2.75) is 61.1 Å². The van der Waals surface area contributed by atoms with Crippen LogP contribution >= 0.6 is 7.60 Å². The van der Waals surface area contributed by atoms with Gasteiger partial charge in [0, 0.05) is 17.6 Å². The van der Waals surface area contributed by atoms with Crippen LogP contribution in [0.5, 0.6) is 0 Å². The molecule has 4 N–H and O–H groups in total. The number of nitrogens with one attached hydrogen (secondary N) is 1. The molecule has 1 rings (SSSR count). The van der Waals surface area contributed by atoms with E-state index >= 15 is 0 Å². The largest absolute Gasteiger partial charge is 0.508 e. The highest BCUT2D eigenvalue weighted by molar-refractivity contribution is 7.57. The van der Waals surface area contributed by atoms with E-state index in [1.807, 2.05) is 0 Å². The molecule has 35 heavy (non-hydrogen) atoms. The van der Waals surface area contributed by atoms with E-state index in [0.29, 0.717) is 0 Å². The first-order valence-corrected chi connectivity index (χ1v) is 12.3. The summed E-state index contributed by atoms with van der Waals surface area (Å²) in [6.45, 7) is 9.91. The lowest BCUT2D eigenvalue weighted by Crippen LogP contribution is -2.25. The van der Waals surface area contributed by atoms with Gasteiger partial charge in [-0.2, -0.15) is 0 Å². The van der Waals surface area contributed by atoms with E-state index in [2.05, 4.69) is 5.32 Å². The molecule has 0 fully saturated rings. The van der Waals surface area contributed by atoms with Crippen molar-refractivity contribution in [3.63, 3.8) is 0 Å². The van der Waals surface area contributed by atoms with Crippen LogP contribution in [0.4, 0.5) is 0 Å². The van der Waals surface area contributed by atoms with Crippen LogP contribution in [0.1, 0.15) is 54.9 Å². The first-order chi connectivity index (χ1) is 15.9. The normalized spacial score (nSPS) is 17.3. The highest BCUT2D eigenvalue weighted by Gasteiger charge is 2.30. The molecule has 0 spiro atoms. The molecule has 13 heteroatoms. The molecular weight excluding hydrogens is 483 g/mol. The zero-order valence-electron chi connectivity index (χ0n) is 21.1. The van der Waals surface area contributed by atoms with Crippen molar-refractivity contribution < 1.29 is 47.3 Å². The van der Waals surface area contributed by atoms with Gasteiger partial charge in [-0.3, -0.25) is 28.0 Å². The number of carbonyl (C=O) groups is 3. The number of primary amides is 1. The average molecular weight is 519 g/mol. The van der Waals surface area contributed by atoms with Crippen molar-refractivity contribution in [3.8, 4) is 0 Å². The summed E-state index contributed by atoms with van der Waals surface area (Å²) in [7, 11) is -4.13. The molecule has 1 aliphatic rings. The summed E-state index contributed by atoms with van der Waals surface area (Å²) in [6.07, 6.45) is 1.82. The Morgan fingerprint density at radius 2 is 1.57 bits per heavy atom. The molecule has 0 aromatic rings. The zero-order chi connectivity index (χ0) is 27.0. The number of ether oxygens (including phenoxy) is 3. The Balaban J connectivity index is 2.89. The third-order valence-corrected chi connectivity index (χ3v) is 5.73. The van der Waals surface area contributed by atoms with Crippen LogP contribution < -0.4 is 11.1 Å². The number of rotatable bonds is 11. The maximum Gasteiger partial charge on any atom is 0.360 e. The van der Waals surface area contributed by atoms with Crippen LogP contribution in [0, 0.1) is 10.8 Å². The lowest BCUT2D eigenvalue weighted by Gasteiger charge is -2.20. The number of aliphatic hydroxyl groups excluding tert-OH is 1.